The van der Waals surface area contributed by atoms with Crippen molar-refractivity contribution in [3.63, 3.8) is 0 Å². The van der Waals surface area contributed by atoms with Gasteiger partial charge < -0.3 is 19.3 Å². The van der Waals surface area contributed by atoms with E-state index in [1.807, 2.05) is 0 Å². The summed E-state index contributed by atoms with van der Waals surface area (Å²) in [7, 11) is 0. The van der Waals surface area contributed by atoms with Gasteiger partial charge in [0.1, 0.15) is 6.61 Å². The third-order valence-corrected chi connectivity index (χ3v) is 4.55. The first-order valence-electron chi connectivity index (χ1n) is 9.64. The molecule has 1 aliphatic rings. The highest BCUT2D eigenvalue weighted by Gasteiger charge is 2.35. The van der Waals surface area contributed by atoms with E-state index in [9.17, 15) is 14.4 Å². The first kappa shape index (κ1) is 21.3. The van der Waals surface area contributed by atoms with Gasteiger partial charge in [-0.1, -0.05) is 36.4 Å². The molecule has 2 aromatic rings. The van der Waals surface area contributed by atoms with Crippen LogP contribution in [-0.2, 0) is 23.8 Å². The molecule has 156 valence electrons. The molecule has 0 aliphatic heterocycles. The van der Waals surface area contributed by atoms with Crippen molar-refractivity contribution < 1.29 is 33.7 Å². The van der Waals surface area contributed by atoms with Gasteiger partial charge in [0.15, 0.2) is 5.57 Å². The van der Waals surface area contributed by atoms with Gasteiger partial charge in [0.05, 0.1) is 25.4 Å². The van der Waals surface area contributed by atoms with Crippen LogP contribution in [0.3, 0.4) is 0 Å². The van der Waals surface area contributed by atoms with Crippen LogP contribution in [0.1, 0.15) is 35.3 Å². The van der Waals surface area contributed by atoms with E-state index in [-0.39, 0.29) is 37.6 Å². The summed E-state index contributed by atoms with van der Waals surface area (Å²) < 4.78 is 15.4. The molecule has 7 nitrogen and oxygen atoms in total. The van der Waals surface area contributed by atoms with Crippen LogP contribution in [0.25, 0.3) is 16.7 Å². The highest BCUT2D eigenvalue weighted by atomic mass is 16.6. The number of hydrogen-bond acceptors (Lipinski definition) is 7. The average Bonchev–Trinajstić information content (AvgIpc) is 3.07. The van der Waals surface area contributed by atoms with Gasteiger partial charge >= 0.3 is 17.9 Å². The van der Waals surface area contributed by atoms with Crippen LogP contribution in [0.5, 0.6) is 0 Å². The predicted octanol–water partition coefficient (Wildman–Crippen LogP) is 2.74. The number of hydrogen-bond donors (Lipinski definition) is 1. The highest BCUT2D eigenvalue weighted by Crippen LogP contribution is 2.47. The van der Waals surface area contributed by atoms with Gasteiger partial charge in [0.25, 0.3) is 0 Å². The fourth-order valence-electron chi connectivity index (χ4n) is 3.46. The Morgan fingerprint density at radius 3 is 2.00 bits per heavy atom. The number of aliphatic hydroxyl groups is 1. The monoisotopic (exact) mass is 410 g/mol. The largest absolute Gasteiger partial charge is 0.462 e. The number of aliphatic hydroxyl groups excluding tert-OH is 1. The van der Waals surface area contributed by atoms with Gasteiger partial charge in [-0.2, -0.15) is 0 Å². The van der Waals surface area contributed by atoms with Crippen LogP contribution in [0, 0.1) is 0 Å². The molecule has 2 aromatic carbocycles. The lowest BCUT2D eigenvalue weighted by molar-refractivity contribution is -0.146. The molecule has 0 saturated heterocycles. The van der Waals surface area contributed by atoms with E-state index in [1.165, 1.54) is 0 Å². The Labute approximate surface area is 173 Å². The highest BCUT2D eigenvalue weighted by molar-refractivity contribution is 6.25. The zero-order valence-corrected chi connectivity index (χ0v) is 16.8. The van der Waals surface area contributed by atoms with E-state index in [1.54, 1.807) is 56.3 Å². The summed E-state index contributed by atoms with van der Waals surface area (Å²) in [6.07, 6.45) is 0. The van der Waals surface area contributed by atoms with E-state index in [0.29, 0.717) is 27.8 Å². The predicted molar refractivity (Wildman–Crippen MR) is 109 cm³/mol. The quantitative estimate of drug-likeness (QED) is 0.210. The minimum Gasteiger partial charge on any atom is -0.462 e. The summed E-state index contributed by atoms with van der Waals surface area (Å²) in [5.41, 5.74) is 2.80. The van der Waals surface area contributed by atoms with Crippen molar-refractivity contribution in [3.05, 3.63) is 64.7 Å². The maximum Gasteiger partial charge on any atom is 0.346 e. The third kappa shape index (κ3) is 3.84. The summed E-state index contributed by atoms with van der Waals surface area (Å²) in [6, 6.07) is 12.1. The first-order valence-corrected chi connectivity index (χ1v) is 9.64. The third-order valence-electron chi connectivity index (χ3n) is 4.55. The average molecular weight is 410 g/mol. The summed E-state index contributed by atoms with van der Waals surface area (Å²) in [5, 5.41) is 8.96. The molecule has 0 fully saturated rings. The number of esters is 3. The van der Waals surface area contributed by atoms with Crippen LogP contribution in [-0.4, -0.2) is 49.4 Å². The zero-order valence-electron chi connectivity index (χ0n) is 16.8. The fraction of sp³-hybridized carbons (Fsp3) is 0.261. The molecule has 0 bridgehead atoms. The van der Waals surface area contributed by atoms with E-state index < -0.39 is 17.9 Å². The lowest BCUT2D eigenvalue weighted by Gasteiger charge is -2.12. The van der Waals surface area contributed by atoms with Crippen molar-refractivity contribution in [1.82, 2.24) is 0 Å². The van der Waals surface area contributed by atoms with Crippen LogP contribution >= 0.6 is 0 Å². The van der Waals surface area contributed by atoms with Gasteiger partial charge in [0, 0.05) is 11.1 Å². The molecule has 0 saturated carbocycles. The van der Waals surface area contributed by atoms with Crippen molar-refractivity contribution >= 4 is 23.5 Å². The molecule has 0 heterocycles. The Hall–Kier alpha value is -3.45. The van der Waals surface area contributed by atoms with E-state index >= 15 is 0 Å². The van der Waals surface area contributed by atoms with Crippen molar-refractivity contribution in [2.75, 3.05) is 26.4 Å². The zero-order chi connectivity index (χ0) is 21.7. The summed E-state index contributed by atoms with van der Waals surface area (Å²) >= 11 is 0. The molecular formula is C23H22O7. The standard InChI is InChI=1S/C23H22O7/c1-3-28-22(26)20(23(27)29-4-2)19-15-9-6-5-8-14(15)18-16(19)10-7-11-17(18)21(25)30-13-12-24/h5-11,24H,3-4,12-13H2,1-2H3. The van der Waals surface area contributed by atoms with E-state index in [0.717, 1.165) is 0 Å². The fourth-order valence-corrected chi connectivity index (χ4v) is 3.46. The molecule has 0 unspecified atom stereocenters. The second-order valence-corrected chi connectivity index (χ2v) is 6.32. The van der Waals surface area contributed by atoms with E-state index in [4.69, 9.17) is 19.3 Å². The van der Waals surface area contributed by atoms with Crippen LogP contribution in [0.15, 0.2) is 48.0 Å². The van der Waals surface area contributed by atoms with Gasteiger partial charge in [0.2, 0.25) is 0 Å². The van der Waals surface area contributed by atoms with Crippen molar-refractivity contribution in [1.29, 1.82) is 0 Å². The number of fused-ring (bicyclic) bond motifs is 3. The molecule has 0 spiro atoms. The summed E-state index contributed by atoms with van der Waals surface area (Å²) in [6.45, 7) is 3.06. The number of ether oxygens (including phenoxy) is 3. The van der Waals surface area contributed by atoms with Crippen molar-refractivity contribution in [2.24, 2.45) is 0 Å². The SMILES string of the molecule is CCOC(=O)C(C(=O)OCC)=C1c2ccccc2-c2c(C(=O)OCCO)cccc21. The summed E-state index contributed by atoms with van der Waals surface area (Å²) in [5.74, 6) is -2.19. The lowest BCUT2D eigenvalue weighted by atomic mass is 9.96. The molecule has 0 atom stereocenters. The van der Waals surface area contributed by atoms with E-state index in [2.05, 4.69) is 0 Å². The number of rotatable bonds is 7. The minimum absolute atomic E-state index is 0.0943. The van der Waals surface area contributed by atoms with Crippen molar-refractivity contribution in [3.8, 4) is 11.1 Å². The second kappa shape index (κ2) is 9.37. The van der Waals surface area contributed by atoms with Crippen LogP contribution in [0.2, 0.25) is 0 Å². The van der Waals surface area contributed by atoms with Gasteiger partial charge in [-0.05, 0) is 36.6 Å². The number of carbonyl (C=O) groups excluding carboxylic acids is 3. The Kier molecular flexibility index (Phi) is 6.64. The van der Waals surface area contributed by atoms with Crippen LogP contribution < -0.4 is 0 Å². The molecule has 0 amide bonds. The molecule has 0 radical (unpaired) electrons. The number of benzene rings is 2. The first-order chi connectivity index (χ1) is 14.5. The molecule has 7 heteroatoms. The Bertz CT molecular complexity index is 1000. The maximum absolute atomic E-state index is 12.7. The topological polar surface area (TPSA) is 99.1 Å². The number of carbonyl (C=O) groups is 3. The van der Waals surface area contributed by atoms with Crippen molar-refractivity contribution in [2.45, 2.75) is 13.8 Å². The van der Waals surface area contributed by atoms with Crippen LogP contribution in [0.4, 0.5) is 0 Å². The Morgan fingerprint density at radius 2 is 1.40 bits per heavy atom. The summed E-state index contributed by atoms with van der Waals surface area (Å²) in [4.78, 5) is 38.0. The minimum atomic E-state index is -0.790. The second-order valence-electron chi connectivity index (χ2n) is 6.32. The smallest absolute Gasteiger partial charge is 0.346 e. The normalized spacial score (nSPS) is 11.4. The van der Waals surface area contributed by atoms with Gasteiger partial charge in [-0.15, -0.1) is 0 Å². The maximum atomic E-state index is 12.7. The Balaban J connectivity index is 2.31. The Morgan fingerprint density at radius 1 is 0.800 bits per heavy atom. The molecule has 0 aromatic heterocycles. The molecule has 1 aliphatic carbocycles. The molecular weight excluding hydrogens is 388 g/mol. The van der Waals surface area contributed by atoms with Gasteiger partial charge in [-0.3, -0.25) is 0 Å². The molecule has 3 rings (SSSR count). The molecule has 1 N–H and O–H groups in total. The molecule has 30 heavy (non-hydrogen) atoms. The van der Waals surface area contributed by atoms with Gasteiger partial charge in [-0.25, -0.2) is 14.4 Å². The lowest BCUT2D eigenvalue weighted by Crippen LogP contribution is -2.20.